The summed E-state index contributed by atoms with van der Waals surface area (Å²) in [5, 5.41) is 29.7. The van der Waals surface area contributed by atoms with Crippen LogP contribution in [0.25, 0.3) is 0 Å². The zero-order valence-electron chi connectivity index (χ0n) is 22.7. The van der Waals surface area contributed by atoms with Gasteiger partial charge >= 0.3 is 6.36 Å². The molecule has 4 rings (SSSR count). The van der Waals surface area contributed by atoms with E-state index in [0.29, 0.717) is 36.0 Å². The van der Waals surface area contributed by atoms with Gasteiger partial charge in [0.15, 0.2) is 23.4 Å². The van der Waals surface area contributed by atoms with Gasteiger partial charge in [-0.1, -0.05) is 13.0 Å². The fourth-order valence-electron chi connectivity index (χ4n) is 5.20. The van der Waals surface area contributed by atoms with Gasteiger partial charge in [-0.15, -0.1) is 13.2 Å². The molecule has 1 unspecified atom stereocenters. The number of rotatable bonds is 9. The number of hydrogen-bond acceptors (Lipinski definition) is 9. The number of benzene rings is 1. The Kier molecular flexibility index (Phi) is 8.38. The Hall–Kier alpha value is -3.29. The van der Waals surface area contributed by atoms with Gasteiger partial charge in [0.05, 0.1) is 39.1 Å². The molecule has 0 spiro atoms. The van der Waals surface area contributed by atoms with E-state index in [1.54, 1.807) is 13.0 Å². The number of likely N-dealkylation sites (tertiary alicyclic amines) is 1. The quantitative estimate of drug-likeness (QED) is 0.417. The van der Waals surface area contributed by atoms with E-state index >= 15 is 0 Å². The molecule has 1 aromatic heterocycles. The lowest BCUT2D eigenvalue weighted by atomic mass is 9.72. The molecule has 0 saturated carbocycles. The fourth-order valence-corrected chi connectivity index (χ4v) is 5.20. The van der Waals surface area contributed by atoms with Crippen molar-refractivity contribution in [3.63, 3.8) is 0 Å². The Morgan fingerprint density at radius 2 is 1.88 bits per heavy atom. The van der Waals surface area contributed by atoms with Crippen molar-refractivity contribution < 1.29 is 47.5 Å². The highest BCUT2D eigenvalue weighted by molar-refractivity contribution is 5.81. The number of carbonyl (C=O) groups is 1. The number of aliphatic hydroxyl groups is 3. The van der Waals surface area contributed by atoms with Gasteiger partial charge in [0.2, 0.25) is 0 Å². The number of carbonyl (C=O) groups excluding carboxylic acids is 1. The maximum absolute atomic E-state index is 12.6. The molecule has 40 heavy (non-hydrogen) atoms. The zero-order chi connectivity index (χ0) is 29.4. The lowest BCUT2D eigenvalue weighted by Gasteiger charge is -2.40. The van der Waals surface area contributed by atoms with E-state index in [-0.39, 0.29) is 30.9 Å². The van der Waals surface area contributed by atoms with Crippen molar-refractivity contribution >= 4 is 11.7 Å². The van der Waals surface area contributed by atoms with Gasteiger partial charge in [0.1, 0.15) is 11.9 Å². The summed E-state index contributed by atoms with van der Waals surface area (Å²) in [5.74, 6) is 0.215. The number of pyridine rings is 1. The normalized spacial score (nSPS) is 23.0. The van der Waals surface area contributed by atoms with E-state index in [1.807, 2.05) is 24.0 Å². The Balaban J connectivity index is 1.48. The third-order valence-corrected chi connectivity index (χ3v) is 7.78. The van der Waals surface area contributed by atoms with E-state index in [9.17, 15) is 33.3 Å². The van der Waals surface area contributed by atoms with Crippen LogP contribution in [0.2, 0.25) is 0 Å². The molecular weight excluding hydrogens is 535 g/mol. The fraction of sp³-hybridized carbons (Fsp3) is 0.556. The Bertz CT molecular complexity index is 1220. The number of alkyl halides is 3. The topological polar surface area (TPSA) is 125 Å². The van der Waals surface area contributed by atoms with Crippen molar-refractivity contribution in [2.75, 3.05) is 44.8 Å². The second-order valence-electron chi connectivity index (χ2n) is 10.6. The molecule has 13 heteroatoms. The van der Waals surface area contributed by atoms with Crippen LogP contribution in [0.1, 0.15) is 30.9 Å². The lowest BCUT2D eigenvalue weighted by molar-refractivity contribution is -0.275. The van der Waals surface area contributed by atoms with Gasteiger partial charge < -0.3 is 39.3 Å². The molecule has 2 fully saturated rings. The lowest BCUT2D eigenvalue weighted by Crippen LogP contribution is -2.54. The monoisotopic (exact) mass is 569 g/mol. The van der Waals surface area contributed by atoms with E-state index in [0.717, 1.165) is 11.8 Å². The van der Waals surface area contributed by atoms with Crippen LogP contribution < -0.4 is 19.1 Å². The van der Waals surface area contributed by atoms with Gasteiger partial charge in [-0.25, -0.2) is 4.98 Å². The van der Waals surface area contributed by atoms with Crippen molar-refractivity contribution in [3.8, 4) is 17.2 Å². The highest BCUT2D eigenvalue weighted by Crippen LogP contribution is 2.47. The Morgan fingerprint density at radius 1 is 1.18 bits per heavy atom. The van der Waals surface area contributed by atoms with Crippen LogP contribution in [-0.2, 0) is 4.79 Å². The summed E-state index contributed by atoms with van der Waals surface area (Å²) in [6, 6.07) is 6.93. The summed E-state index contributed by atoms with van der Waals surface area (Å²) in [7, 11) is 1.51. The van der Waals surface area contributed by atoms with E-state index < -0.39 is 36.5 Å². The van der Waals surface area contributed by atoms with Crippen molar-refractivity contribution in [3.05, 3.63) is 41.6 Å². The van der Waals surface area contributed by atoms with Gasteiger partial charge in [0, 0.05) is 24.4 Å². The van der Waals surface area contributed by atoms with Crippen LogP contribution in [0, 0.1) is 12.3 Å². The predicted octanol–water partition coefficient (Wildman–Crippen LogP) is 2.23. The average Bonchev–Trinajstić information content (AvgIpc) is 3.24. The first kappa shape index (κ1) is 29.7. The maximum Gasteiger partial charge on any atom is 0.573 e. The van der Waals surface area contributed by atoms with Crippen LogP contribution in [0.5, 0.6) is 17.2 Å². The number of ether oxygens (including phenoxy) is 3. The highest BCUT2D eigenvalue weighted by Gasteiger charge is 2.49. The Morgan fingerprint density at radius 3 is 2.45 bits per heavy atom. The van der Waals surface area contributed by atoms with Gasteiger partial charge in [-0.2, -0.15) is 0 Å². The minimum Gasteiger partial charge on any atom is -0.493 e. The van der Waals surface area contributed by atoms with Gasteiger partial charge in [-0.05, 0) is 43.2 Å². The van der Waals surface area contributed by atoms with E-state index in [2.05, 4.69) is 9.72 Å². The third-order valence-electron chi connectivity index (χ3n) is 7.78. The van der Waals surface area contributed by atoms with E-state index in [1.165, 1.54) is 25.0 Å². The van der Waals surface area contributed by atoms with Crippen molar-refractivity contribution in [1.82, 2.24) is 9.88 Å². The number of aliphatic hydroxyl groups excluding tert-OH is 3. The number of anilines is 1. The number of aryl methyl sites for hydroxylation is 1. The van der Waals surface area contributed by atoms with Gasteiger partial charge in [0.25, 0.3) is 5.91 Å². The van der Waals surface area contributed by atoms with Crippen LogP contribution in [0.4, 0.5) is 19.0 Å². The van der Waals surface area contributed by atoms with Crippen LogP contribution in [-0.4, -0.2) is 95.7 Å². The third kappa shape index (κ3) is 6.06. The van der Waals surface area contributed by atoms with Crippen LogP contribution in [0.15, 0.2) is 30.5 Å². The average molecular weight is 570 g/mol. The molecule has 4 atom stereocenters. The van der Waals surface area contributed by atoms with E-state index in [4.69, 9.17) is 9.47 Å². The smallest absolute Gasteiger partial charge is 0.493 e. The number of amides is 1. The molecule has 2 aliphatic rings. The molecule has 1 aromatic carbocycles. The van der Waals surface area contributed by atoms with Crippen LogP contribution in [0.3, 0.4) is 0 Å². The summed E-state index contributed by atoms with van der Waals surface area (Å²) in [6.07, 6.45) is -6.30. The summed E-state index contributed by atoms with van der Waals surface area (Å²) in [5.41, 5.74) is 0.384. The molecule has 10 nitrogen and oxygen atoms in total. The molecule has 2 aliphatic heterocycles. The summed E-state index contributed by atoms with van der Waals surface area (Å²) in [4.78, 5) is 20.0. The van der Waals surface area contributed by atoms with Crippen molar-refractivity contribution in [1.29, 1.82) is 0 Å². The number of nitrogens with zero attached hydrogens (tertiary/aromatic N) is 3. The molecule has 220 valence electrons. The molecular formula is C27H34F3N3O7. The molecule has 2 saturated heterocycles. The number of halogens is 3. The highest BCUT2D eigenvalue weighted by atomic mass is 19.4. The molecule has 1 amide bonds. The second kappa shape index (κ2) is 11.3. The van der Waals surface area contributed by atoms with Crippen molar-refractivity contribution in [2.24, 2.45) is 5.41 Å². The molecule has 3 heterocycles. The first-order valence-electron chi connectivity index (χ1n) is 12.8. The molecule has 0 radical (unpaired) electrons. The first-order chi connectivity index (χ1) is 18.8. The molecule has 0 bridgehead atoms. The minimum absolute atomic E-state index is 0.199. The summed E-state index contributed by atoms with van der Waals surface area (Å²) < 4.78 is 53.3. The first-order valence-corrected chi connectivity index (χ1v) is 12.8. The SMILES string of the molecule is COc1ccc([C@@H]2CN(C(=O)C(O)CO)C[C@@]2(C)[C@@H](C)O)cc1OC1CN(c2cc(C)c(OC(F)(F)F)cn2)C1. The number of aromatic nitrogens is 1. The molecule has 0 aliphatic carbocycles. The predicted molar refractivity (Wildman–Crippen MR) is 137 cm³/mol. The number of hydrogen-bond donors (Lipinski definition) is 3. The molecule has 2 aromatic rings. The second-order valence-corrected chi connectivity index (χ2v) is 10.6. The van der Waals surface area contributed by atoms with Crippen molar-refractivity contribution in [2.45, 2.75) is 51.4 Å². The summed E-state index contributed by atoms with van der Waals surface area (Å²) >= 11 is 0. The largest absolute Gasteiger partial charge is 0.573 e. The van der Waals surface area contributed by atoms with Crippen LogP contribution >= 0.6 is 0 Å². The van der Waals surface area contributed by atoms with Gasteiger partial charge in [-0.3, -0.25) is 4.79 Å². The molecule has 3 N–H and O–H groups in total. The Labute approximate surface area is 229 Å². The standard InChI is InChI=1S/C27H34F3N3O7/c1-15-7-24(31-9-23(15)40-27(28,29)30)32-10-18(11-32)39-22-8-17(5-6-21(22)38-4)19-12-33(25(37)20(36)13-34)14-26(19,3)16(2)35/h5-9,16,18-20,34-36H,10-14H2,1-4H3/t16-,19+,20?,26+/m1/s1. The summed E-state index contributed by atoms with van der Waals surface area (Å²) in [6.45, 7) is 5.67. The maximum atomic E-state index is 12.6. The zero-order valence-corrected chi connectivity index (χ0v) is 22.7. The minimum atomic E-state index is -4.79. The number of methoxy groups -OCH3 is 1.